The van der Waals surface area contributed by atoms with Gasteiger partial charge in [-0.1, -0.05) is 0 Å². The number of carbonyl (C=O) groups is 1. The van der Waals surface area contributed by atoms with E-state index in [1.165, 1.54) is 6.07 Å². The van der Waals surface area contributed by atoms with E-state index in [0.717, 1.165) is 16.8 Å². The number of amides is 1. The van der Waals surface area contributed by atoms with Gasteiger partial charge in [0.1, 0.15) is 18.2 Å². The number of nitrogens with one attached hydrogen (secondary N) is 1. The van der Waals surface area contributed by atoms with Gasteiger partial charge >= 0.3 is 5.82 Å². The van der Waals surface area contributed by atoms with E-state index in [1.807, 2.05) is 0 Å². The standard InChI is InChI=1S/C12H10F2N4O3/c1-7-4-11(18(20)21)16-17(7)6-12(19)15-10-3-2-8(13)5-9(10)14/h2-5H,6H2,1H3,(H,15,19). The van der Waals surface area contributed by atoms with Crippen LogP contribution in [-0.4, -0.2) is 20.6 Å². The zero-order chi connectivity index (χ0) is 15.6. The molecule has 1 amide bonds. The second-order valence-electron chi connectivity index (χ2n) is 4.23. The largest absolute Gasteiger partial charge is 0.390 e. The molecule has 0 spiro atoms. The minimum Gasteiger partial charge on any atom is -0.358 e. The molecule has 0 saturated carbocycles. The SMILES string of the molecule is Cc1cc([N+](=O)[O-])nn1CC(=O)Nc1ccc(F)cc1F. The van der Waals surface area contributed by atoms with Gasteiger partial charge in [0.05, 0.1) is 22.5 Å². The third-order valence-electron chi connectivity index (χ3n) is 2.65. The normalized spacial score (nSPS) is 10.4. The summed E-state index contributed by atoms with van der Waals surface area (Å²) in [6.07, 6.45) is 0. The molecule has 0 aliphatic rings. The fourth-order valence-electron chi connectivity index (χ4n) is 1.66. The van der Waals surface area contributed by atoms with Crippen LogP contribution in [0.25, 0.3) is 0 Å². The van der Waals surface area contributed by atoms with Gasteiger partial charge in [0.2, 0.25) is 5.91 Å². The predicted octanol–water partition coefficient (Wildman–Crippen LogP) is 2.02. The first-order valence-corrected chi connectivity index (χ1v) is 5.80. The van der Waals surface area contributed by atoms with Crippen molar-refractivity contribution in [2.24, 2.45) is 0 Å². The monoisotopic (exact) mass is 296 g/mol. The average Bonchev–Trinajstić information content (AvgIpc) is 2.75. The van der Waals surface area contributed by atoms with Gasteiger partial charge in [0, 0.05) is 6.07 Å². The quantitative estimate of drug-likeness (QED) is 0.690. The Bertz CT molecular complexity index is 715. The fourth-order valence-corrected chi connectivity index (χ4v) is 1.66. The molecule has 110 valence electrons. The summed E-state index contributed by atoms with van der Waals surface area (Å²) in [5, 5.41) is 16.4. The second kappa shape index (κ2) is 5.65. The Labute approximate surface area is 117 Å². The lowest BCUT2D eigenvalue weighted by molar-refractivity contribution is -0.389. The van der Waals surface area contributed by atoms with E-state index in [9.17, 15) is 23.7 Å². The number of rotatable bonds is 4. The van der Waals surface area contributed by atoms with Gasteiger partial charge in [-0.25, -0.2) is 8.78 Å². The topological polar surface area (TPSA) is 90.1 Å². The van der Waals surface area contributed by atoms with Crippen molar-refractivity contribution in [3.63, 3.8) is 0 Å². The van der Waals surface area contributed by atoms with Crippen LogP contribution in [-0.2, 0) is 11.3 Å². The zero-order valence-corrected chi connectivity index (χ0v) is 10.8. The van der Waals surface area contributed by atoms with Crippen molar-refractivity contribution in [1.29, 1.82) is 0 Å². The Kier molecular flexibility index (Phi) is 3.92. The molecule has 0 aliphatic carbocycles. The molecule has 1 heterocycles. The van der Waals surface area contributed by atoms with Crippen LogP contribution in [0, 0.1) is 28.7 Å². The van der Waals surface area contributed by atoms with E-state index in [0.29, 0.717) is 11.8 Å². The molecule has 0 bridgehead atoms. The van der Waals surface area contributed by atoms with Gasteiger partial charge in [-0.15, -0.1) is 0 Å². The molecule has 0 fully saturated rings. The van der Waals surface area contributed by atoms with Crippen molar-refractivity contribution in [3.8, 4) is 0 Å². The number of halogens is 2. The molecule has 1 N–H and O–H groups in total. The third-order valence-corrected chi connectivity index (χ3v) is 2.65. The Hall–Kier alpha value is -2.84. The van der Waals surface area contributed by atoms with E-state index >= 15 is 0 Å². The molecule has 21 heavy (non-hydrogen) atoms. The molecule has 1 aromatic heterocycles. The molecule has 0 unspecified atom stereocenters. The number of hydrogen-bond donors (Lipinski definition) is 1. The van der Waals surface area contributed by atoms with Crippen LogP contribution in [0.1, 0.15) is 5.69 Å². The van der Waals surface area contributed by atoms with E-state index in [2.05, 4.69) is 10.4 Å². The molecular formula is C12H10F2N4O3. The molecule has 2 aromatic rings. The minimum atomic E-state index is -0.911. The lowest BCUT2D eigenvalue weighted by atomic mass is 10.3. The number of aryl methyl sites for hydroxylation is 1. The third kappa shape index (κ3) is 3.38. The van der Waals surface area contributed by atoms with Crippen molar-refractivity contribution in [1.82, 2.24) is 9.78 Å². The number of nitrogens with zero attached hydrogens (tertiary/aromatic N) is 3. The Balaban J connectivity index is 2.10. The number of benzene rings is 1. The van der Waals surface area contributed by atoms with Gasteiger partial charge in [-0.2, -0.15) is 4.68 Å². The summed E-state index contributed by atoms with van der Waals surface area (Å²) in [4.78, 5) is 21.6. The fraction of sp³-hybridized carbons (Fsp3) is 0.167. The first-order chi connectivity index (χ1) is 9.86. The van der Waals surface area contributed by atoms with Crippen molar-refractivity contribution >= 4 is 17.4 Å². The summed E-state index contributed by atoms with van der Waals surface area (Å²) in [5.41, 5.74) is 0.233. The predicted molar refractivity (Wildman–Crippen MR) is 68.6 cm³/mol. The van der Waals surface area contributed by atoms with Gasteiger partial charge < -0.3 is 15.4 Å². The lowest BCUT2D eigenvalue weighted by Gasteiger charge is -2.05. The van der Waals surface area contributed by atoms with E-state index in [4.69, 9.17) is 0 Å². The van der Waals surface area contributed by atoms with Crippen molar-refractivity contribution < 1.29 is 18.5 Å². The maximum atomic E-state index is 13.4. The Morgan fingerprint density at radius 2 is 2.14 bits per heavy atom. The molecule has 9 heteroatoms. The van der Waals surface area contributed by atoms with Gasteiger partial charge in [0.15, 0.2) is 0 Å². The molecule has 0 atom stereocenters. The van der Waals surface area contributed by atoms with Gasteiger partial charge in [-0.3, -0.25) is 4.79 Å². The smallest absolute Gasteiger partial charge is 0.358 e. The van der Waals surface area contributed by atoms with Crippen LogP contribution in [0.3, 0.4) is 0 Å². The van der Waals surface area contributed by atoms with Crippen LogP contribution >= 0.6 is 0 Å². The van der Waals surface area contributed by atoms with Crippen LogP contribution in [0.2, 0.25) is 0 Å². The Morgan fingerprint density at radius 3 is 2.71 bits per heavy atom. The van der Waals surface area contributed by atoms with Crippen molar-refractivity contribution in [2.45, 2.75) is 13.5 Å². The van der Waals surface area contributed by atoms with Gasteiger partial charge in [-0.05, 0) is 24.0 Å². The van der Waals surface area contributed by atoms with E-state index < -0.39 is 22.5 Å². The maximum absolute atomic E-state index is 13.4. The lowest BCUT2D eigenvalue weighted by Crippen LogP contribution is -2.21. The summed E-state index contributed by atoms with van der Waals surface area (Å²) in [6, 6.07) is 3.94. The van der Waals surface area contributed by atoms with Crippen LogP contribution in [0.15, 0.2) is 24.3 Å². The first kappa shape index (κ1) is 14.6. The average molecular weight is 296 g/mol. The number of carbonyl (C=O) groups excluding carboxylic acids is 1. The number of anilines is 1. The highest BCUT2D eigenvalue weighted by atomic mass is 19.1. The highest BCUT2D eigenvalue weighted by Crippen LogP contribution is 2.15. The summed E-state index contributed by atoms with van der Waals surface area (Å²) in [5.74, 6) is -2.69. The molecular weight excluding hydrogens is 286 g/mol. The van der Waals surface area contributed by atoms with Crippen molar-refractivity contribution in [2.75, 3.05) is 5.32 Å². The van der Waals surface area contributed by atoms with Gasteiger partial charge in [0.25, 0.3) is 0 Å². The number of aromatic nitrogens is 2. The maximum Gasteiger partial charge on any atom is 0.390 e. The van der Waals surface area contributed by atoms with Crippen LogP contribution < -0.4 is 5.32 Å². The molecule has 1 aromatic carbocycles. The van der Waals surface area contributed by atoms with E-state index in [-0.39, 0.29) is 18.1 Å². The molecule has 0 saturated heterocycles. The minimum absolute atomic E-state index is 0.180. The number of nitro groups is 1. The van der Waals surface area contributed by atoms with Crippen molar-refractivity contribution in [3.05, 3.63) is 51.7 Å². The highest BCUT2D eigenvalue weighted by molar-refractivity contribution is 5.90. The van der Waals surface area contributed by atoms with Crippen LogP contribution in [0.4, 0.5) is 20.3 Å². The summed E-state index contributed by atoms with van der Waals surface area (Å²) in [6.45, 7) is 1.22. The second-order valence-corrected chi connectivity index (χ2v) is 4.23. The Morgan fingerprint density at radius 1 is 1.43 bits per heavy atom. The molecule has 2 rings (SSSR count). The molecule has 0 radical (unpaired) electrons. The zero-order valence-electron chi connectivity index (χ0n) is 10.8. The molecule has 0 aliphatic heterocycles. The summed E-state index contributed by atoms with van der Waals surface area (Å²) in [7, 11) is 0. The molecule has 7 nitrogen and oxygen atoms in total. The van der Waals surface area contributed by atoms with Crippen LogP contribution in [0.5, 0.6) is 0 Å². The van der Waals surface area contributed by atoms with E-state index in [1.54, 1.807) is 6.92 Å². The summed E-state index contributed by atoms with van der Waals surface area (Å²) >= 11 is 0. The first-order valence-electron chi connectivity index (χ1n) is 5.80. The highest BCUT2D eigenvalue weighted by Gasteiger charge is 2.18. The summed E-state index contributed by atoms with van der Waals surface area (Å²) < 4.78 is 27.2. The number of hydrogen-bond acceptors (Lipinski definition) is 4.